The number of aromatic nitrogens is 5. The highest BCUT2D eigenvalue weighted by Crippen LogP contribution is 2.29. The lowest BCUT2D eigenvalue weighted by Crippen LogP contribution is -2.45. The largest absolute Gasteiger partial charge is 0.399 e. The average molecular weight is 468 g/mol. The first-order valence-electron chi connectivity index (χ1n) is 10.7. The lowest BCUT2D eigenvalue weighted by atomic mass is 10.2. The number of hydrogen-bond acceptors (Lipinski definition) is 10. The number of nitrogens with one attached hydrogen (secondary N) is 2. The van der Waals surface area contributed by atoms with Gasteiger partial charge in [0.15, 0.2) is 11.0 Å². The second-order valence-corrected chi connectivity index (χ2v) is 8.83. The highest BCUT2D eigenvalue weighted by Gasteiger charge is 2.20. The Morgan fingerprint density at radius 1 is 1.24 bits per heavy atom. The summed E-state index contributed by atoms with van der Waals surface area (Å²) in [7, 11) is 3.78. The number of piperazine rings is 1. The number of nitrogens with two attached hydrogens (primary N) is 1. The molecule has 0 saturated carbocycles. The van der Waals surface area contributed by atoms with Crippen LogP contribution in [0.5, 0.6) is 0 Å². The van der Waals surface area contributed by atoms with E-state index < -0.39 is 0 Å². The first-order valence-corrected chi connectivity index (χ1v) is 11.5. The Morgan fingerprint density at radius 2 is 2.06 bits per heavy atom. The van der Waals surface area contributed by atoms with Crippen molar-refractivity contribution >= 4 is 35.2 Å². The van der Waals surface area contributed by atoms with Crippen molar-refractivity contribution in [3.63, 3.8) is 0 Å². The van der Waals surface area contributed by atoms with E-state index in [2.05, 4.69) is 48.9 Å². The van der Waals surface area contributed by atoms with Crippen molar-refractivity contribution in [1.82, 2.24) is 30.0 Å². The Kier molecular flexibility index (Phi) is 7.43. The third kappa shape index (κ3) is 6.01. The van der Waals surface area contributed by atoms with Gasteiger partial charge < -0.3 is 25.6 Å². The van der Waals surface area contributed by atoms with Gasteiger partial charge >= 0.3 is 0 Å². The molecule has 1 unspecified atom stereocenters. The van der Waals surface area contributed by atoms with Crippen LogP contribution in [0.25, 0.3) is 0 Å². The molecular formula is C22H29N9OS. The molecule has 11 heteroatoms. The lowest BCUT2D eigenvalue weighted by Gasteiger charge is -2.32. The van der Waals surface area contributed by atoms with Gasteiger partial charge in [-0.25, -0.2) is 0 Å². The number of nitrogen functional groups attached to an aromatic ring is 1. The zero-order valence-electron chi connectivity index (χ0n) is 18.9. The molecule has 4 N–H and O–H groups in total. The van der Waals surface area contributed by atoms with Gasteiger partial charge in [0.2, 0.25) is 11.9 Å². The van der Waals surface area contributed by atoms with Crippen molar-refractivity contribution in [3.05, 3.63) is 48.7 Å². The van der Waals surface area contributed by atoms with E-state index in [4.69, 9.17) is 15.5 Å². The molecule has 2 aromatic heterocycles. The highest BCUT2D eigenvalue weighted by molar-refractivity contribution is 7.99. The maximum atomic E-state index is 5.94. The van der Waals surface area contributed by atoms with Crippen LogP contribution in [0.1, 0.15) is 18.2 Å². The van der Waals surface area contributed by atoms with Gasteiger partial charge in [0, 0.05) is 49.9 Å². The van der Waals surface area contributed by atoms with Crippen molar-refractivity contribution in [2.75, 3.05) is 56.3 Å². The van der Waals surface area contributed by atoms with Crippen LogP contribution >= 0.6 is 11.8 Å². The van der Waals surface area contributed by atoms with Crippen LogP contribution in [0.4, 0.5) is 23.4 Å². The Labute approximate surface area is 197 Å². The molecule has 1 saturated heterocycles. The minimum Gasteiger partial charge on any atom is -0.399 e. The second-order valence-electron chi connectivity index (χ2n) is 7.79. The Balaban J connectivity index is 1.60. The predicted molar refractivity (Wildman–Crippen MR) is 131 cm³/mol. The summed E-state index contributed by atoms with van der Waals surface area (Å²) in [5, 5.41) is 11.2. The molecule has 1 aliphatic rings. The van der Waals surface area contributed by atoms with Crippen molar-refractivity contribution in [2.24, 2.45) is 0 Å². The predicted octanol–water partition coefficient (Wildman–Crippen LogP) is 3.09. The van der Waals surface area contributed by atoms with Gasteiger partial charge in [0.25, 0.3) is 0 Å². The van der Waals surface area contributed by atoms with Crippen LogP contribution in [0.15, 0.2) is 53.0 Å². The van der Waals surface area contributed by atoms with E-state index in [1.165, 1.54) is 11.8 Å². The zero-order chi connectivity index (χ0) is 23.2. The third-order valence-electron chi connectivity index (χ3n) is 5.31. The number of benzene rings is 1. The standard InChI is InChI=1S/C22H29N9OS/c1-4-6-18(32-3)17-14-19(29-28-17)24-20-25-21(31-11-9-30(2)10-12-31)27-22(26-20)33-16-8-5-7-15(23)13-16/h4-5,7-8,13-14,18H,1,6,9-12,23H2,2-3H3,(H2,24,25,26,27,28,29). The van der Waals surface area contributed by atoms with Crippen LogP contribution < -0.4 is 16.0 Å². The van der Waals surface area contributed by atoms with Crippen molar-refractivity contribution in [1.29, 1.82) is 0 Å². The SMILES string of the molecule is C=CCC(OC)c1cc(Nc2nc(Sc3cccc(N)c3)nc(N3CCN(C)CC3)n2)n[nH]1. The summed E-state index contributed by atoms with van der Waals surface area (Å²) in [6, 6.07) is 9.55. The van der Waals surface area contributed by atoms with E-state index >= 15 is 0 Å². The first kappa shape index (κ1) is 23.0. The van der Waals surface area contributed by atoms with Gasteiger partial charge in [0.05, 0.1) is 5.69 Å². The molecule has 0 radical (unpaired) electrons. The maximum Gasteiger partial charge on any atom is 0.234 e. The van der Waals surface area contributed by atoms with E-state index in [9.17, 15) is 0 Å². The van der Waals surface area contributed by atoms with E-state index in [1.807, 2.05) is 36.4 Å². The van der Waals surface area contributed by atoms with Gasteiger partial charge in [-0.3, -0.25) is 5.10 Å². The number of anilines is 4. The van der Waals surface area contributed by atoms with Gasteiger partial charge in [-0.2, -0.15) is 20.1 Å². The molecule has 1 fully saturated rings. The number of likely N-dealkylation sites (N-methyl/N-ethyl adjacent to an activating group) is 1. The third-order valence-corrected chi connectivity index (χ3v) is 6.16. The van der Waals surface area contributed by atoms with E-state index in [-0.39, 0.29) is 6.10 Å². The summed E-state index contributed by atoms with van der Waals surface area (Å²) in [5.74, 6) is 1.68. The fourth-order valence-electron chi connectivity index (χ4n) is 3.46. The molecule has 33 heavy (non-hydrogen) atoms. The normalized spacial score (nSPS) is 15.4. The Bertz CT molecular complexity index is 1080. The van der Waals surface area contributed by atoms with Crippen LogP contribution in [-0.4, -0.2) is 70.4 Å². The van der Waals surface area contributed by atoms with Gasteiger partial charge in [0.1, 0.15) is 6.10 Å². The molecule has 3 aromatic rings. The maximum absolute atomic E-state index is 5.94. The van der Waals surface area contributed by atoms with Gasteiger partial charge in [-0.15, -0.1) is 6.58 Å². The summed E-state index contributed by atoms with van der Waals surface area (Å²) in [5.41, 5.74) is 7.49. The minimum atomic E-state index is -0.139. The van der Waals surface area contributed by atoms with Crippen LogP contribution in [0, 0.1) is 0 Å². The number of aromatic amines is 1. The number of H-pyrrole nitrogens is 1. The van der Waals surface area contributed by atoms with Gasteiger partial charge in [-0.05, 0) is 43.4 Å². The number of rotatable bonds is 9. The summed E-state index contributed by atoms with van der Waals surface area (Å²) in [6.45, 7) is 7.40. The van der Waals surface area contributed by atoms with E-state index in [1.54, 1.807) is 7.11 Å². The smallest absolute Gasteiger partial charge is 0.234 e. The minimum absolute atomic E-state index is 0.139. The molecule has 174 valence electrons. The van der Waals surface area contributed by atoms with Crippen molar-refractivity contribution in [3.8, 4) is 0 Å². The lowest BCUT2D eigenvalue weighted by molar-refractivity contribution is 0.102. The molecule has 0 amide bonds. The molecule has 3 heterocycles. The quantitative estimate of drug-likeness (QED) is 0.320. The molecule has 0 aliphatic carbocycles. The van der Waals surface area contributed by atoms with Gasteiger partial charge in [-0.1, -0.05) is 12.1 Å². The fourth-order valence-corrected chi connectivity index (χ4v) is 4.27. The highest BCUT2D eigenvalue weighted by atomic mass is 32.2. The summed E-state index contributed by atoms with van der Waals surface area (Å²) in [6.07, 6.45) is 2.36. The Morgan fingerprint density at radius 3 is 2.79 bits per heavy atom. The van der Waals surface area contributed by atoms with Crippen molar-refractivity contribution < 1.29 is 4.74 Å². The zero-order valence-corrected chi connectivity index (χ0v) is 19.7. The number of nitrogens with zero attached hydrogens (tertiary/aromatic N) is 6. The second kappa shape index (κ2) is 10.6. The van der Waals surface area contributed by atoms with E-state index in [0.717, 1.165) is 36.8 Å². The number of ether oxygens (including phenoxy) is 1. The molecule has 1 aliphatic heterocycles. The average Bonchev–Trinajstić information content (AvgIpc) is 3.26. The molecular weight excluding hydrogens is 438 g/mol. The van der Waals surface area contributed by atoms with Crippen LogP contribution in [0.3, 0.4) is 0 Å². The number of methoxy groups -OCH3 is 1. The van der Waals surface area contributed by atoms with Crippen molar-refractivity contribution in [2.45, 2.75) is 22.6 Å². The topological polar surface area (TPSA) is 121 Å². The van der Waals surface area contributed by atoms with E-state index in [0.29, 0.717) is 35.0 Å². The number of hydrogen-bond donors (Lipinski definition) is 3. The Hall–Kier alpha value is -3.15. The summed E-state index contributed by atoms with van der Waals surface area (Å²) < 4.78 is 5.51. The fraction of sp³-hybridized carbons (Fsp3) is 0.364. The monoisotopic (exact) mass is 467 g/mol. The molecule has 4 rings (SSSR count). The molecule has 0 spiro atoms. The summed E-state index contributed by atoms with van der Waals surface area (Å²) in [4.78, 5) is 19.5. The molecule has 1 atom stereocenters. The summed E-state index contributed by atoms with van der Waals surface area (Å²) >= 11 is 1.45. The van der Waals surface area contributed by atoms with Crippen LogP contribution in [0.2, 0.25) is 0 Å². The molecule has 1 aromatic carbocycles. The van der Waals surface area contributed by atoms with Crippen LogP contribution in [-0.2, 0) is 4.74 Å². The first-order chi connectivity index (χ1) is 16.0. The molecule has 10 nitrogen and oxygen atoms in total. The molecule has 0 bridgehead atoms.